The highest BCUT2D eigenvalue weighted by Gasteiger charge is 2.36. The molecule has 0 N–H and O–H groups in total. The zero-order valence-corrected chi connectivity index (χ0v) is 15.7. The Hall–Kier alpha value is -2.93. The monoisotopic (exact) mass is 366 g/mol. The number of benzene rings is 1. The van der Waals surface area contributed by atoms with Crippen molar-refractivity contribution in [3.8, 4) is 17.0 Å². The maximum absolute atomic E-state index is 12.9. The molecule has 0 saturated carbocycles. The molecule has 0 unspecified atom stereocenters. The van der Waals surface area contributed by atoms with Gasteiger partial charge in [-0.05, 0) is 30.3 Å². The highest BCUT2D eigenvalue weighted by molar-refractivity contribution is 5.99. The molecule has 3 aromatic rings. The van der Waals surface area contributed by atoms with Crippen LogP contribution < -0.4 is 4.74 Å². The van der Waals surface area contributed by atoms with Crippen molar-refractivity contribution >= 4 is 11.6 Å². The van der Waals surface area contributed by atoms with Crippen LogP contribution >= 0.6 is 0 Å². The van der Waals surface area contributed by atoms with Crippen LogP contribution in [-0.4, -0.2) is 59.3 Å². The van der Waals surface area contributed by atoms with Crippen molar-refractivity contribution in [1.29, 1.82) is 0 Å². The van der Waals surface area contributed by atoms with E-state index in [0.29, 0.717) is 31.0 Å². The number of aromatic nitrogens is 3. The predicted octanol–water partition coefficient (Wildman–Crippen LogP) is 2.51. The highest BCUT2D eigenvalue weighted by atomic mass is 16.5. The molecule has 1 aromatic carbocycles. The molecule has 7 heteroatoms. The zero-order chi connectivity index (χ0) is 19.0. The van der Waals surface area contributed by atoms with Crippen LogP contribution in [0.5, 0.6) is 5.75 Å². The van der Waals surface area contributed by atoms with Gasteiger partial charge in [0.25, 0.3) is 5.91 Å². The Bertz CT molecular complexity index is 977. The average Bonchev–Trinajstić information content (AvgIpc) is 3.10. The van der Waals surface area contributed by atoms with Gasteiger partial charge in [0.1, 0.15) is 11.3 Å². The number of hydrogen-bond acceptors (Lipinski definition) is 5. The maximum atomic E-state index is 12.9. The van der Waals surface area contributed by atoms with Crippen molar-refractivity contribution < 1.29 is 14.3 Å². The predicted molar refractivity (Wildman–Crippen MR) is 101 cm³/mol. The molecule has 0 aliphatic carbocycles. The number of rotatable bonds is 5. The number of fused-ring (bicyclic) bond motifs is 1. The number of carbonyl (C=O) groups is 1. The first-order valence-electron chi connectivity index (χ1n) is 8.81. The number of carbonyl (C=O) groups excluding carboxylic acids is 1. The molecular formula is C20H22N4O3. The van der Waals surface area contributed by atoms with Crippen LogP contribution in [0.4, 0.5) is 0 Å². The summed E-state index contributed by atoms with van der Waals surface area (Å²) in [5.74, 6) is 0.702. The molecule has 0 radical (unpaired) electrons. The minimum atomic E-state index is -0.0856. The summed E-state index contributed by atoms with van der Waals surface area (Å²) < 4.78 is 12.2. The molecule has 3 heterocycles. The van der Waals surface area contributed by atoms with Crippen LogP contribution in [0.1, 0.15) is 17.3 Å². The second-order valence-corrected chi connectivity index (χ2v) is 7.32. The molecule has 0 bridgehead atoms. The van der Waals surface area contributed by atoms with E-state index in [9.17, 15) is 4.79 Å². The third-order valence-corrected chi connectivity index (χ3v) is 4.88. The Morgan fingerprint density at radius 3 is 2.67 bits per heavy atom. The largest absolute Gasteiger partial charge is 0.497 e. The van der Waals surface area contributed by atoms with Crippen molar-refractivity contribution in [3.63, 3.8) is 0 Å². The number of hydrogen-bond donors (Lipinski definition) is 0. The van der Waals surface area contributed by atoms with Crippen LogP contribution in [0.3, 0.4) is 0 Å². The van der Waals surface area contributed by atoms with Gasteiger partial charge in [-0.3, -0.25) is 4.79 Å². The third kappa shape index (κ3) is 3.14. The normalized spacial score (nSPS) is 15.4. The quantitative estimate of drug-likeness (QED) is 0.694. The molecule has 0 atom stereocenters. The molecule has 1 aliphatic rings. The lowest BCUT2D eigenvalue weighted by Crippen LogP contribution is -2.49. The third-order valence-electron chi connectivity index (χ3n) is 4.88. The number of amides is 1. The van der Waals surface area contributed by atoms with Gasteiger partial charge in [0.15, 0.2) is 5.65 Å². The SMILES string of the molecule is COc1ccc(-c2ccnc3c(C(=O)N(C)CC4(C)COC4)cnn23)cc1. The first kappa shape index (κ1) is 17.5. The lowest BCUT2D eigenvalue weighted by molar-refractivity contribution is -0.109. The van der Waals surface area contributed by atoms with Crippen molar-refractivity contribution in [2.24, 2.45) is 5.41 Å². The molecular weight excluding hydrogens is 344 g/mol. The van der Waals surface area contributed by atoms with Crippen LogP contribution in [0.25, 0.3) is 16.9 Å². The molecule has 27 heavy (non-hydrogen) atoms. The minimum Gasteiger partial charge on any atom is -0.497 e. The Balaban J connectivity index is 1.66. The molecule has 1 aliphatic heterocycles. The molecule has 7 nitrogen and oxygen atoms in total. The van der Waals surface area contributed by atoms with Crippen molar-refractivity contribution in [3.05, 3.63) is 48.3 Å². The van der Waals surface area contributed by atoms with Gasteiger partial charge < -0.3 is 14.4 Å². The number of nitrogens with zero attached hydrogens (tertiary/aromatic N) is 4. The smallest absolute Gasteiger partial charge is 0.259 e. The molecule has 0 spiro atoms. The number of methoxy groups -OCH3 is 1. The van der Waals surface area contributed by atoms with Crippen LogP contribution in [0.2, 0.25) is 0 Å². The number of ether oxygens (including phenoxy) is 2. The van der Waals surface area contributed by atoms with Gasteiger partial charge in [0.2, 0.25) is 0 Å². The van der Waals surface area contributed by atoms with Crippen molar-refractivity contribution in [1.82, 2.24) is 19.5 Å². The summed E-state index contributed by atoms with van der Waals surface area (Å²) in [4.78, 5) is 19.1. The van der Waals surface area contributed by atoms with Crippen LogP contribution in [-0.2, 0) is 4.74 Å². The summed E-state index contributed by atoms with van der Waals surface area (Å²) in [7, 11) is 3.44. The van der Waals surface area contributed by atoms with E-state index in [4.69, 9.17) is 9.47 Å². The second-order valence-electron chi connectivity index (χ2n) is 7.32. The zero-order valence-electron chi connectivity index (χ0n) is 15.7. The van der Waals surface area contributed by atoms with E-state index in [0.717, 1.165) is 17.0 Å². The first-order valence-corrected chi connectivity index (χ1v) is 8.81. The average molecular weight is 366 g/mol. The van der Waals surface area contributed by atoms with Crippen molar-refractivity contribution in [2.75, 3.05) is 33.9 Å². The standard InChI is InChI=1S/C20H22N4O3/c1-20(12-27-13-20)11-23(2)19(25)16-10-22-24-17(8-9-21-18(16)24)14-4-6-15(26-3)7-5-14/h4-10H,11-13H2,1-3H3. The van der Waals surface area contributed by atoms with E-state index in [-0.39, 0.29) is 11.3 Å². The van der Waals surface area contributed by atoms with E-state index in [1.54, 1.807) is 28.9 Å². The Kier molecular flexibility index (Phi) is 4.31. The fourth-order valence-corrected chi connectivity index (χ4v) is 3.41. The Morgan fingerprint density at radius 1 is 1.30 bits per heavy atom. The van der Waals surface area contributed by atoms with Gasteiger partial charge in [0, 0.05) is 30.8 Å². The summed E-state index contributed by atoms with van der Waals surface area (Å²) in [6, 6.07) is 9.59. The molecule has 2 aromatic heterocycles. The fourth-order valence-electron chi connectivity index (χ4n) is 3.41. The Morgan fingerprint density at radius 2 is 2.04 bits per heavy atom. The van der Waals surface area contributed by atoms with Crippen molar-refractivity contribution in [2.45, 2.75) is 6.92 Å². The van der Waals surface area contributed by atoms with E-state index < -0.39 is 0 Å². The lowest BCUT2D eigenvalue weighted by atomic mass is 9.88. The van der Waals surface area contributed by atoms with E-state index in [1.165, 1.54) is 0 Å². The van der Waals surface area contributed by atoms with Gasteiger partial charge in [-0.2, -0.15) is 5.10 Å². The second kappa shape index (κ2) is 6.66. The van der Waals surface area contributed by atoms with Gasteiger partial charge in [-0.15, -0.1) is 0 Å². The van der Waals surface area contributed by atoms with E-state index in [1.807, 2.05) is 37.4 Å². The van der Waals surface area contributed by atoms with Gasteiger partial charge in [0.05, 0.1) is 32.2 Å². The van der Waals surface area contributed by atoms with Crippen LogP contribution in [0.15, 0.2) is 42.7 Å². The van der Waals surface area contributed by atoms with Gasteiger partial charge in [-0.1, -0.05) is 6.92 Å². The summed E-state index contributed by atoms with van der Waals surface area (Å²) in [6.45, 7) is 4.12. The Labute approximate surface area is 157 Å². The van der Waals surface area contributed by atoms with Gasteiger partial charge in [-0.25, -0.2) is 9.50 Å². The summed E-state index contributed by atoms with van der Waals surface area (Å²) in [5, 5.41) is 4.42. The maximum Gasteiger partial charge on any atom is 0.259 e. The minimum absolute atomic E-state index is 0.0229. The van der Waals surface area contributed by atoms with Gasteiger partial charge >= 0.3 is 0 Å². The molecule has 1 saturated heterocycles. The molecule has 4 rings (SSSR count). The highest BCUT2D eigenvalue weighted by Crippen LogP contribution is 2.28. The first-order chi connectivity index (χ1) is 13.0. The topological polar surface area (TPSA) is 69.0 Å². The van der Waals surface area contributed by atoms with E-state index >= 15 is 0 Å². The fraction of sp³-hybridized carbons (Fsp3) is 0.350. The summed E-state index contributed by atoms with van der Waals surface area (Å²) in [5.41, 5.74) is 2.91. The van der Waals surface area contributed by atoms with Crippen LogP contribution in [0, 0.1) is 5.41 Å². The molecule has 1 fully saturated rings. The lowest BCUT2D eigenvalue weighted by Gasteiger charge is -2.40. The van der Waals surface area contributed by atoms with E-state index in [2.05, 4.69) is 17.0 Å². The molecule has 1 amide bonds. The summed E-state index contributed by atoms with van der Waals surface area (Å²) in [6.07, 6.45) is 3.29. The summed E-state index contributed by atoms with van der Waals surface area (Å²) >= 11 is 0. The molecule has 140 valence electrons.